The number of rotatable bonds is 5. The van der Waals surface area contributed by atoms with Crippen molar-refractivity contribution in [1.82, 2.24) is 5.32 Å². The summed E-state index contributed by atoms with van der Waals surface area (Å²) in [7, 11) is 0. The summed E-state index contributed by atoms with van der Waals surface area (Å²) in [5.74, 6) is -0.155. The minimum absolute atomic E-state index is 0.00313. The first-order valence-electron chi connectivity index (χ1n) is 6.95. The third kappa shape index (κ3) is 4.25. The van der Waals surface area contributed by atoms with Crippen LogP contribution in [0.5, 0.6) is 0 Å². The second kappa shape index (κ2) is 6.02. The first kappa shape index (κ1) is 15.4. The molecular formula is C14H28N2O2. The van der Waals surface area contributed by atoms with E-state index in [0.29, 0.717) is 6.54 Å². The first-order valence-corrected chi connectivity index (χ1v) is 6.95. The molecule has 0 aromatic carbocycles. The fourth-order valence-electron chi connectivity index (χ4n) is 2.76. The topological polar surface area (TPSA) is 75.4 Å². The molecule has 0 aliphatic heterocycles. The van der Waals surface area contributed by atoms with Crippen LogP contribution in [0.15, 0.2) is 0 Å². The van der Waals surface area contributed by atoms with Crippen molar-refractivity contribution >= 4 is 5.91 Å². The van der Waals surface area contributed by atoms with E-state index < -0.39 is 0 Å². The zero-order valence-electron chi connectivity index (χ0n) is 12.0. The summed E-state index contributed by atoms with van der Waals surface area (Å²) in [6.45, 7) is 6.73. The van der Waals surface area contributed by atoms with E-state index in [9.17, 15) is 9.90 Å². The Morgan fingerprint density at radius 2 is 1.94 bits per heavy atom. The maximum Gasteiger partial charge on any atom is 0.224 e. The van der Waals surface area contributed by atoms with E-state index in [1.807, 2.05) is 0 Å². The largest absolute Gasteiger partial charge is 0.394 e. The number of hydrogen-bond acceptors (Lipinski definition) is 3. The van der Waals surface area contributed by atoms with Crippen molar-refractivity contribution in [2.75, 3.05) is 13.2 Å². The first-order chi connectivity index (χ1) is 8.32. The minimum atomic E-state index is -0.387. The van der Waals surface area contributed by atoms with Gasteiger partial charge in [-0.15, -0.1) is 0 Å². The molecule has 0 spiro atoms. The summed E-state index contributed by atoms with van der Waals surface area (Å²) in [5.41, 5.74) is 5.42. The van der Waals surface area contributed by atoms with E-state index in [-0.39, 0.29) is 29.4 Å². The summed E-state index contributed by atoms with van der Waals surface area (Å²) in [6.07, 6.45) is 4.68. The molecule has 1 amide bonds. The van der Waals surface area contributed by atoms with Crippen LogP contribution >= 0.6 is 0 Å². The molecule has 1 fully saturated rings. The second-order valence-electron chi connectivity index (χ2n) is 6.83. The van der Waals surface area contributed by atoms with Crippen LogP contribution in [0, 0.1) is 11.3 Å². The third-order valence-electron chi connectivity index (χ3n) is 3.77. The molecule has 0 radical (unpaired) electrons. The van der Waals surface area contributed by atoms with Gasteiger partial charge in [0.15, 0.2) is 0 Å². The Morgan fingerprint density at radius 3 is 2.33 bits per heavy atom. The molecule has 4 heteroatoms. The van der Waals surface area contributed by atoms with Crippen molar-refractivity contribution in [3.05, 3.63) is 0 Å². The van der Waals surface area contributed by atoms with Crippen LogP contribution in [0.1, 0.15) is 52.9 Å². The van der Waals surface area contributed by atoms with Crippen molar-refractivity contribution in [2.24, 2.45) is 17.1 Å². The van der Waals surface area contributed by atoms with Crippen LogP contribution < -0.4 is 11.1 Å². The lowest BCUT2D eigenvalue weighted by atomic mass is 9.83. The molecule has 18 heavy (non-hydrogen) atoms. The Bertz CT molecular complexity index is 278. The number of nitrogens with two attached hydrogens (primary N) is 1. The average Bonchev–Trinajstić information content (AvgIpc) is 2.73. The number of hydrogen-bond donors (Lipinski definition) is 3. The van der Waals surface area contributed by atoms with E-state index in [0.717, 1.165) is 32.1 Å². The Labute approximate surface area is 110 Å². The third-order valence-corrected chi connectivity index (χ3v) is 3.77. The summed E-state index contributed by atoms with van der Waals surface area (Å²) >= 11 is 0. The molecule has 1 rings (SSSR count). The van der Waals surface area contributed by atoms with Gasteiger partial charge in [0.05, 0.1) is 18.1 Å². The zero-order chi connectivity index (χ0) is 13.8. The van der Waals surface area contributed by atoms with Gasteiger partial charge in [0, 0.05) is 6.54 Å². The molecule has 106 valence electrons. The van der Waals surface area contributed by atoms with Gasteiger partial charge in [-0.1, -0.05) is 33.6 Å². The highest BCUT2D eigenvalue weighted by Gasteiger charge is 2.36. The van der Waals surface area contributed by atoms with Crippen molar-refractivity contribution < 1.29 is 9.90 Å². The van der Waals surface area contributed by atoms with E-state index in [2.05, 4.69) is 26.1 Å². The number of aliphatic hydroxyl groups is 1. The highest BCUT2D eigenvalue weighted by Crippen LogP contribution is 2.30. The minimum Gasteiger partial charge on any atom is -0.394 e. The van der Waals surface area contributed by atoms with E-state index in [1.165, 1.54) is 0 Å². The smallest absolute Gasteiger partial charge is 0.224 e. The van der Waals surface area contributed by atoms with Gasteiger partial charge in [-0.2, -0.15) is 0 Å². The SMILES string of the molecule is CC(C)(C)CC(CN)C(=O)NC1(CO)CCCC1. The van der Waals surface area contributed by atoms with Gasteiger partial charge < -0.3 is 16.2 Å². The molecule has 1 saturated carbocycles. The fraction of sp³-hybridized carbons (Fsp3) is 0.929. The molecule has 4 N–H and O–H groups in total. The summed E-state index contributed by atoms with van der Waals surface area (Å²) < 4.78 is 0. The normalized spacial score (nSPS) is 20.7. The monoisotopic (exact) mass is 256 g/mol. The number of carbonyl (C=O) groups is 1. The summed E-state index contributed by atoms with van der Waals surface area (Å²) in [5, 5.41) is 12.6. The van der Waals surface area contributed by atoms with E-state index in [4.69, 9.17) is 5.73 Å². The van der Waals surface area contributed by atoms with Crippen molar-refractivity contribution in [2.45, 2.75) is 58.4 Å². The van der Waals surface area contributed by atoms with E-state index >= 15 is 0 Å². The Kier molecular flexibility index (Phi) is 5.17. The van der Waals surface area contributed by atoms with Crippen LogP contribution in [0.2, 0.25) is 0 Å². The Morgan fingerprint density at radius 1 is 1.39 bits per heavy atom. The quantitative estimate of drug-likeness (QED) is 0.696. The van der Waals surface area contributed by atoms with Crippen molar-refractivity contribution in [1.29, 1.82) is 0 Å². The lowest BCUT2D eigenvalue weighted by Crippen LogP contribution is -2.52. The molecule has 0 aromatic heterocycles. The maximum absolute atomic E-state index is 12.3. The molecule has 1 atom stereocenters. The number of carbonyl (C=O) groups excluding carboxylic acids is 1. The van der Waals surface area contributed by atoms with Crippen molar-refractivity contribution in [3.63, 3.8) is 0 Å². The standard InChI is InChI=1S/C14H28N2O2/c1-13(2,3)8-11(9-15)12(18)16-14(10-17)6-4-5-7-14/h11,17H,4-10,15H2,1-3H3,(H,16,18). The molecular weight excluding hydrogens is 228 g/mol. The van der Waals surface area contributed by atoms with Crippen LogP contribution in [0.3, 0.4) is 0 Å². The molecule has 0 saturated heterocycles. The van der Waals surface area contributed by atoms with Crippen molar-refractivity contribution in [3.8, 4) is 0 Å². The van der Waals surface area contributed by atoms with Crippen LogP contribution in [0.25, 0.3) is 0 Å². The molecule has 0 aromatic rings. The van der Waals surface area contributed by atoms with Crippen LogP contribution in [-0.2, 0) is 4.79 Å². The van der Waals surface area contributed by atoms with E-state index in [1.54, 1.807) is 0 Å². The Hall–Kier alpha value is -0.610. The van der Waals surface area contributed by atoms with Crippen LogP contribution in [-0.4, -0.2) is 29.7 Å². The molecule has 4 nitrogen and oxygen atoms in total. The number of nitrogens with one attached hydrogen (secondary N) is 1. The molecule has 0 heterocycles. The predicted molar refractivity (Wildman–Crippen MR) is 73.0 cm³/mol. The number of aliphatic hydroxyl groups excluding tert-OH is 1. The second-order valence-corrected chi connectivity index (χ2v) is 6.83. The summed E-state index contributed by atoms with van der Waals surface area (Å²) in [6, 6.07) is 0. The van der Waals surface area contributed by atoms with Gasteiger partial charge in [-0.25, -0.2) is 0 Å². The van der Waals surface area contributed by atoms with Gasteiger partial charge in [0.25, 0.3) is 0 Å². The van der Waals surface area contributed by atoms with Gasteiger partial charge in [0.1, 0.15) is 0 Å². The lowest BCUT2D eigenvalue weighted by Gasteiger charge is -2.32. The fourth-order valence-corrected chi connectivity index (χ4v) is 2.76. The lowest BCUT2D eigenvalue weighted by molar-refractivity contribution is -0.128. The maximum atomic E-state index is 12.3. The van der Waals surface area contributed by atoms with Crippen LogP contribution in [0.4, 0.5) is 0 Å². The zero-order valence-corrected chi connectivity index (χ0v) is 12.0. The van der Waals surface area contributed by atoms with Gasteiger partial charge in [-0.05, 0) is 24.7 Å². The molecule has 1 aliphatic rings. The number of amides is 1. The summed E-state index contributed by atoms with van der Waals surface area (Å²) in [4.78, 5) is 12.3. The average molecular weight is 256 g/mol. The van der Waals surface area contributed by atoms with Gasteiger partial charge in [0.2, 0.25) is 5.91 Å². The van der Waals surface area contributed by atoms with Gasteiger partial charge >= 0.3 is 0 Å². The molecule has 1 aliphatic carbocycles. The Balaban J connectivity index is 2.61. The molecule has 0 bridgehead atoms. The highest BCUT2D eigenvalue weighted by molar-refractivity contribution is 5.79. The van der Waals surface area contributed by atoms with Gasteiger partial charge in [-0.3, -0.25) is 4.79 Å². The highest BCUT2D eigenvalue weighted by atomic mass is 16.3. The molecule has 1 unspecified atom stereocenters. The predicted octanol–water partition coefficient (Wildman–Crippen LogP) is 1.42.